The summed E-state index contributed by atoms with van der Waals surface area (Å²) >= 11 is 3.39. The lowest BCUT2D eigenvalue weighted by Crippen LogP contribution is -2.00. The first-order valence-electron chi connectivity index (χ1n) is 6.67. The van der Waals surface area contributed by atoms with Gasteiger partial charge in [-0.1, -0.05) is 22.0 Å². The summed E-state index contributed by atoms with van der Waals surface area (Å²) < 4.78 is 27.5. The fourth-order valence-electron chi connectivity index (χ4n) is 1.94. The minimum atomic E-state index is -0.690. The van der Waals surface area contributed by atoms with Crippen LogP contribution < -0.4 is 10.6 Å². The van der Waals surface area contributed by atoms with Crippen LogP contribution in [0.25, 0.3) is 0 Å². The normalized spacial score (nSPS) is 10.4. The van der Waals surface area contributed by atoms with Crippen molar-refractivity contribution >= 4 is 38.9 Å². The van der Waals surface area contributed by atoms with Crippen LogP contribution in [-0.4, -0.2) is 9.97 Å². The van der Waals surface area contributed by atoms with Gasteiger partial charge in [-0.25, -0.2) is 18.7 Å². The molecule has 7 heteroatoms. The van der Waals surface area contributed by atoms with Gasteiger partial charge in [0.05, 0.1) is 5.69 Å². The molecule has 0 saturated heterocycles. The maximum Gasteiger partial charge on any atom is 0.149 e. The van der Waals surface area contributed by atoms with E-state index in [1.54, 1.807) is 6.07 Å². The van der Waals surface area contributed by atoms with E-state index in [1.165, 1.54) is 18.5 Å². The second kappa shape index (κ2) is 6.70. The Bertz CT molecular complexity index is 842. The molecule has 1 heterocycles. The molecule has 0 unspecified atom stereocenters. The van der Waals surface area contributed by atoms with Gasteiger partial charge in [-0.05, 0) is 30.3 Å². The molecule has 1 aromatic heterocycles. The first-order valence-corrected chi connectivity index (χ1v) is 7.46. The minimum Gasteiger partial charge on any atom is -0.340 e. The molecule has 0 amide bonds. The molecule has 0 spiro atoms. The highest BCUT2D eigenvalue weighted by Gasteiger charge is 2.06. The molecule has 116 valence electrons. The van der Waals surface area contributed by atoms with Crippen LogP contribution in [0.2, 0.25) is 0 Å². The van der Waals surface area contributed by atoms with E-state index in [0.717, 1.165) is 16.2 Å². The van der Waals surface area contributed by atoms with Gasteiger partial charge in [-0.3, -0.25) is 0 Å². The Labute approximate surface area is 139 Å². The number of anilines is 4. The van der Waals surface area contributed by atoms with E-state index >= 15 is 0 Å². The smallest absolute Gasteiger partial charge is 0.149 e. The summed E-state index contributed by atoms with van der Waals surface area (Å²) in [6, 6.07) is 12.5. The Morgan fingerprint density at radius 2 is 1.65 bits per heavy atom. The SMILES string of the molecule is Fc1ccc(Nc2cc(Nc3cccc(Br)c3)ncn2)c(F)c1. The Hall–Kier alpha value is -2.54. The maximum absolute atomic E-state index is 13.7. The maximum atomic E-state index is 13.7. The summed E-state index contributed by atoms with van der Waals surface area (Å²) in [6.45, 7) is 0. The molecule has 0 radical (unpaired) electrons. The van der Waals surface area contributed by atoms with Gasteiger partial charge in [0, 0.05) is 22.3 Å². The molecule has 0 aliphatic carbocycles. The van der Waals surface area contributed by atoms with Crippen molar-refractivity contribution in [3.05, 3.63) is 71.0 Å². The average Bonchev–Trinajstić information content (AvgIpc) is 2.51. The van der Waals surface area contributed by atoms with E-state index in [-0.39, 0.29) is 5.69 Å². The summed E-state index contributed by atoms with van der Waals surface area (Å²) in [4.78, 5) is 8.14. The average molecular weight is 377 g/mol. The number of rotatable bonds is 4. The summed E-state index contributed by atoms with van der Waals surface area (Å²) in [5.41, 5.74) is 0.982. The summed E-state index contributed by atoms with van der Waals surface area (Å²) in [7, 11) is 0. The number of nitrogens with one attached hydrogen (secondary N) is 2. The van der Waals surface area contributed by atoms with E-state index in [1.807, 2.05) is 24.3 Å². The number of aromatic nitrogens is 2. The van der Waals surface area contributed by atoms with Crippen LogP contribution in [0.1, 0.15) is 0 Å². The van der Waals surface area contributed by atoms with Gasteiger partial charge >= 0.3 is 0 Å². The van der Waals surface area contributed by atoms with Crippen molar-refractivity contribution in [1.82, 2.24) is 9.97 Å². The molecule has 4 nitrogen and oxygen atoms in total. The minimum absolute atomic E-state index is 0.138. The molecular formula is C16H11BrF2N4. The third-order valence-electron chi connectivity index (χ3n) is 2.96. The summed E-state index contributed by atoms with van der Waals surface area (Å²) in [6.07, 6.45) is 1.35. The van der Waals surface area contributed by atoms with Crippen molar-refractivity contribution in [2.75, 3.05) is 10.6 Å². The number of benzene rings is 2. The second-order valence-electron chi connectivity index (χ2n) is 4.67. The van der Waals surface area contributed by atoms with Gasteiger partial charge in [0.15, 0.2) is 0 Å². The van der Waals surface area contributed by atoms with E-state index in [0.29, 0.717) is 11.6 Å². The van der Waals surface area contributed by atoms with Crippen molar-refractivity contribution in [3.63, 3.8) is 0 Å². The zero-order valence-electron chi connectivity index (χ0n) is 11.7. The number of hydrogen-bond acceptors (Lipinski definition) is 4. The van der Waals surface area contributed by atoms with Gasteiger partial charge in [0.2, 0.25) is 0 Å². The predicted octanol–water partition coefficient (Wildman–Crippen LogP) is 5.00. The standard InChI is InChI=1S/C16H11BrF2N4/c17-10-2-1-3-12(6-10)22-15-8-16(21-9-20-15)23-14-5-4-11(18)7-13(14)19/h1-9H,(H2,20,21,22,23). The molecule has 3 rings (SSSR count). The van der Waals surface area contributed by atoms with E-state index in [4.69, 9.17) is 0 Å². The molecular weight excluding hydrogens is 366 g/mol. The lowest BCUT2D eigenvalue weighted by molar-refractivity contribution is 0.586. The molecule has 2 aromatic carbocycles. The molecule has 2 N–H and O–H groups in total. The predicted molar refractivity (Wildman–Crippen MR) is 89.1 cm³/mol. The van der Waals surface area contributed by atoms with E-state index in [2.05, 4.69) is 36.5 Å². The molecule has 0 fully saturated rings. The Balaban J connectivity index is 1.79. The molecule has 23 heavy (non-hydrogen) atoms. The molecule has 0 atom stereocenters. The van der Waals surface area contributed by atoms with Crippen LogP contribution in [0.15, 0.2) is 59.3 Å². The number of halogens is 3. The topological polar surface area (TPSA) is 49.8 Å². The van der Waals surface area contributed by atoms with Crippen molar-refractivity contribution in [2.45, 2.75) is 0 Å². The molecule has 0 aliphatic heterocycles. The quantitative estimate of drug-likeness (QED) is 0.672. The summed E-state index contributed by atoms with van der Waals surface area (Å²) in [5, 5.41) is 5.91. The highest BCUT2D eigenvalue weighted by Crippen LogP contribution is 2.23. The van der Waals surface area contributed by atoms with E-state index < -0.39 is 11.6 Å². The zero-order chi connectivity index (χ0) is 16.2. The van der Waals surface area contributed by atoms with Gasteiger partial charge in [-0.15, -0.1) is 0 Å². The van der Waals surface area contributed by atoms with Crippen molar-refractivity contribution < 1.29 is 8.78 Å². The van der Waals surface area contributed by atoms with Crippen LogP contribution in [0, 0.1) is 11.6 Å². The second-order valence-corrected chi connectivity index (χ2v) is 5.59. The molecule has 3 aromatic rings. The summed E-state index contributed by atoms with van der Waals surface area (Å²) in [5.74, 6) is -0.385. The van der Waals surface area contributed by atoms with Crippen molar-refractivity contribution in [3.8, 4) is 0 Å². The number of nitrogens with zero attached hydrogens (tertiary/aromatic N) is 2. The Kier molecular flexibility index (Phi) is 4.47. The van der Waals surface area contributed by atoms with E-state index in [9.17, 15) is 8.78 Å². The Morgan fingerprint density at radius 3 is 2.39 bits per heavy atom. The molecule has 0 aliphatic rings. The highest BCUT2D eigenvalue weighted by atomic mass is 79.9. The van der Waals surface area contributed by atoms with Crippen LogP contribution in [0.4, 0.5) is 31.8 Å². The van der Waals surface area contributed by atoms with Crippen molar-refractivity contribution in [1.29, 1.82) is 0 Å². The first kappa shape index (κ1) is 15.4. The lowest BCUT2D eigenvalue weighted by Gasteiger charge is -2.09. The third kappa shape index (κ3) is 4.01. The van der Waals surface area contributed by atoms with Crippen LogP contribution in [0.3, 0.4) is 0 Å². The van der Waals surface area contributed by atoms with Gasteiger partial charge in [0.1, 0.15) is 29.6 Å². The van der Waals surface area contributed by atoms with Crippen LogP contribution in [0.5, 0.6) is 0 Å². The molecule has 0 bridgehead atoms. The fourth-order valence-corrected chi connectivity index (χ4v) is 2.34. The van der Waals surface area contributed by atoms with Gasteiger partial charge in [0.25, 0.3) is 0 Å². The highest BCUT2D eigenvalue weighted by molar-refractivity contribution is 9.10. The van der Waals surface area contributed by atoms with Gasteiger partial charge in [-0.2, -0.15) is 0 Å². The van der Waals surface area contributed by atoms with Gasteiger partial charge < -0.3 is 10.6 Å². The fraction of sp³-hybridized carbons (Fsp3) is 0. The lowest BCUT2D eigenvalue weighted by atomic mass is 10.3. The Morgan fingerprint density at radius 1 is 0.870 bits per heavy atom. The largest absolute Gasteiger partial charge is 0.340 e. The zero-order valence-corrected chi connectivity index (χ0v) is 13.3. The van der Waals surface area contributed by atoms with Crippen molar-refractivity contribution in [2.24, 2.45) is 0 Å². The van der Waals surface area contributed by atoms with Crippen LogP contribution >= 0.6 is 15.9 Å². The third-order valence-corrected chi connectivity index (χ3v) is 3.45. The monoisotopic (exact) mass is 376 g/mol. The molecule has 0 saturated carbocycles. The number of hydrogen-bond donors (Lipinski definition) is 2. The first-order chi connectivity index (χ1) is 11.1. The van der Waals surface area contributed by atoms with Crippen LogP contribution in [-0.2, 0) is 0 Å².